The monoisotopic (exact) mass is 554 g/mol. The van der Waals surface area contributed by atoms with Gasteiger partial charge in [-0.25, -0.2) is 0 Å². The quantitative estimate of drug-likeness (QED) is 0.333. The molecule has 0 radical (unpaired) electrons. The predicted molar refractivity (Wildman–Crippen MR) is 160 cm³/mol. The van der Waals surface area contributed by atoms with Crippen molar-refractivity contribution in [1.82, 2.24) is 9.80 Å². The van der Waals surface area contributed by atoms with E-state index in [0.29, 0.717) is 18.3 Å². The Bertz CT molecular complexity index is 1130. The second-order valence-corrected chi connectivity index (χ2v) is 14.1. The third kappa shape index (κ3) is 7.23. The smallest absolute Gasteiger partial charge is 0.233 e. The lowest BCUT2D eigenvalue weighted by Gasteiger charge is -2.31. The van der Waals surface area contributed by atoms with Crippen molar-refractivity contribution in [3.8, 4) is 17.2 Å². The van der Waals surface area contributed by atoms with Gasteiger partial charge in [0, 0.05) is 13.1 Å². The minimum absolute atomic E-state index is 0.00433. The van der Waals surface area contributed by atoms with Crippen molar-refractivity contribution in [3.05, 3.63) is 52.6 Å². The lowest BCUT2D eigenvalue weighted by molar-refractivity contribution is -0.128. The zero-order chi connectivity index (χ0) is 28.4. The molecular weight excluding hydrogens is 508 g/mol. The fourth-order valence-corrected chi connectivity index (χ4v) is 6.48. The van der Waals surface area contributed by atoms with Crippen molar-refractivity contribution in [2.45, 2.75) is 83.4 Å². The molecule has 2 heterocycles. The number of thioether (sulfide) groups is 1. The zero-order valence-electron chi connectivity index (χ0n) is 24.8. The first-order valence-electron chi connectivity index (χ1n) is 14.2. The molecule has 1 unspecified atom stereocenters. The summed E-state index contributed by atoms with van der Waals surface area (Å²) in [5.74, 6) is 2.80. The highest BCUT2D eigenvalue weighted by Gasteiger charge is 2.35. The summed E-state index contributed by atoms with van der Waals surface area (Å²) >= 11 is 1.71. The molecule has 0 aromatic heterocycles. The van der Waals surface area contributed by atoms with Crippen LogP contribution in [0, 0.1) is 0 Å². The molecule has 1 atom stereocenters. The summed E-state index contributed by atoms with van der Waals surface area (Å²) in [6.45, 7) is 15.9. The van der Waals surface area contributed by atoms with Gasteiger partial charge >= 0.3 is 0 Å². The SMILES string of the molecule is CN(CCCCCN1C(=O)CSC1c1cc(C(C)(C)C)c(O)c(C(C)(C)C)c1)CCc1ccc2c(c1)OCO2. The number of phenolic OH excluding ortho intramolecular Hbond substituents is 1. The number of hydrogen-bond donors (Lipinski definition) is 1. The molecule has 0 saturated carbocycles. The van der Waals surface area contributed by atoms with Crippen molar-refractivity contribution in [2.24, 2.45) is 0 Å². The van der Waals surface area contributed by atoms with Crippen LogP contribution in [0.2, 0.25) is 0 Å². The molecule has 2 aliphatic rings. The van der Waals surface area contributed by atoms with Crippen molar-refractivity contribution in [3.63, 3.8) is 0 Å². The fraction of sp³-hybridized carbons (Fsp3) is 0.594. The number of unbranched alkanes of at least 4 members (excludes halogenated alkanes) is 2. The number of carbonyl (C=O) groups excluding carboxylic acids is 1. The van der Waals surface area contributed by atoms with E-state index in [4.69, 9.17) is 9.47 Å². The Morgan fingerprint density at radius 2 is 1.62 bits per heavy atom. The summed E-state index contributed by atoms with van der Waals surface area (Å²) in [5.41, 5.74) is 3.92. The van der Waals surface area contributed by atoms with Crippen molar-refractivity contribution in [2.75, 3.05) is 39.2 Å². The fourth-order valence-electron chi connectivity index (χ4n) is 5.28. The van der Waals surface area contributed by atoms with Gasteiger partial charge in [-0.3, -0.25) is 4.79 Å². The number of ether oxygens (including phenoxy) is 2. The van der Waals surface area contributed by atoms with E-state index in [1.54, 1.807) is 11.8 Å². The van der Waals surface area contributed by atoms with Crippen LogP contribution in [-0.4, -0.2) is 60.0 Å². The molecular formula is C32H46N2O4S. The Kier molecular flexibility index (Phi) is 9.12. The minimum atomic E-state index is -0.188. The molecule has 39 heavy (non-hydrogen) atoms. The first kappa shape index (κ1) is 29.6. The molecule has 1 fully saturated rings. The van der Waals surface area contributed by atoms with E-state index in [9.17, 15) is 9.90 Å². The Hall–Kier alpha value is -2.38. The van der Waals surface area contributed by atoms with Gasteiger partial charge in [-0.15, -0.1) is 11.8 Å². The predicted octanol–water partition coefficient (Wildman–Crippen LogP) is 6.63. The topological polar surface area (TPSA) is 62.2 Å². The maximum atomic E-state index is 12.9. The Morgan fingerprint density at radius 3 is 2.28 bits per heavy atom. The molecule has 1 amide bonds. The summed E-state index contributed by atoms with van der Waals surface area (Å²) in [4.78, 5) is 17.3. The number of hydrogen-bond acceptors (Lipinski definition) is 6. The summed E-state index contributed by atoms with van der Waals surface area (Å²) < 4.78 is 10.9. The lowest BCUT2D eigenvalue weighted by Crippen LogP contribution is -2.30. The maximum absolute atomic E-state index is 12.9. The first-order valence-corrected chi connectivity index (χ1v) is 15.3. The van der Waals surface area contributed by atoms with Gasteiger partial charge in [0.1, 0.15) is 11.1 Å². The van der Waals surface area contributed by atoms with Crippen molar-refractivity contribution < 1.29 is 19.4 Å². The molecule has 4 rings (SSSR count). The number of nitrogens with zero attached hydrogens (tertiary/aromatic N) is 2. The molecule has 6 nitrogen and oxygen atoms in total. The standard InChI is InChI=1S/C32H46N2O4S/c1-31(2,3)24-18-23(19-25(29(24)36)32(4,5)6)30-34(28(35)20-39-30)15-10-8-9-14-33(7)16-13-22-11-12-26-27(17-22)38-21-37-26/h11-12,17-19,30,36H,8-10,13-16,20-21H2,1-7H3. The van der Waals surface area contributed by atoms with Crippen LogP contribution in [0.1, 0.15) is 88.4 Å². The molecule has 2 aromatic carbocycles. The summed E-state index contributed by atoms with van der Waals surface area (Å²) in [5, 5.41) is 11.1. The summed E-state index contributed by atoms with van der Waals surface area (Å²) in [6.07, 6.45) is 4.17. The maximum Gasteiger partial charge on any atom is 0.233 e. The highest BCUT2D eigenvalue weighted by molar-refractivity contribution is 8.00. The van der Waals surface area contributed by atoms with Gasteiger partial charge in [0.05, 0.1) is 5.75 Å². The van der Waals surface area contributed by atoms with E-state index in [-0.39, 0.29) is 22.1 Å². The van der Waals surface area contributed by atoms with Crippen LogP contribution in [0.3, 0.4) is 0 Å². The first-order chi connectivity index (χ1) is 18.3. The van der Waals surface area contributed by atoms with Crippen LogP contribution in [-0.2, 0) is 22.0 Å². The third-order valence-electron chi connectivity index (χ3n) is 7.66. The van der Waals surface area contributed by atoms with Crippen LogP contribution in [0.25, 0.3) is 0 Å². The lowest BCUT2D eigenvalue weighted by atomic mass is 9.78. The minimum Gasteiger partial charge on any atom is -0.507 e. The van der Waals surface area contributed by atoms with Gasteiger partial charge < -0.3 is 24.4 Å². The molecule has 1 N–H and O–H groups in total. The largest absolute Gasteiger partial charge is 0.507 e. The Morgan fingerprint density at radius 1 is 0.949 bits per heavy atom. The van der Waals surface area contributed by atoms with Gasteiger partial charge in [-0.2, -0.15) is 0 Å². The number of phenols is 1. The molecule has 214 valence electrons. The average molecular weight is 555 g/mol. The number of rotatable bonds is 10. The average Bonchev–Trinajstić information content (AvgIpc) is 3.47. The van der Waals surface area contributed by atoms with Crippen LogP contribution in [0.4, 0.5) is 0 Å². The number of likely N-dealkylation sites (N-methyl/N-ethyl adjacent to an activating group) is 1. The van der Waals surface area contributed by atoms with Crippen LogP contribution >= 0.6 is 11.8 Å². The van der Waals surface area contributed by atoms with E-state index in [1.165, 1.54) is 5.56 Å². The van der Waals surface area contributed by atoms with E-state index in [2.05, 4.69) is 82.7 Å². The van der Waals surface area contributed by atoms with E-state index in [1.807, 2.05) is 6.07 Å². The molecule has 2 aromatic rings. The summed E-state index contributed by atoms with van der Waals surface area (Å²) in [7, 11) is 2.17. The normalized spacial score (nSPS) is 17.5. The van der Waals surface area contributed by atoms with Gasteiger partial charge in [0.15, 0.2) is 11.5 Å². The Balaban J connectivity index is 1.30. The third-order valence-corrected chi connectivity index (χ3v) is 8.92. The van der Waals surface area contributed by atoms with Crippen LogP contribution in [0.5, 0.6) is 17.2 Å². The molecule has 1 saturated heterocycles. The molecule has 0 bridgehead atoms. The van der Waals surface area contributed by atoms with Gasteiger partial charge in [0.2, 0.25) is 12.7 Å². The number of fused-ring (bicyclic) bond motifs is 1. The van der Waals surface area contributed by atoms with Crippen molar-refractivity contribution in [1.29, 1.82) is 0 Å². The number of aromatic hydroxyl groups is 1. The van der Waals surface area contributed by atoms with Crippen LogP contribution < -0.4 is 9.47 Å². The highest BCUT2D eigenvalue weighted by Crippen LogP contribution is 2.45. The number of benzene rings is 2. The van der Waals surface area contributed by atoms with Gasteiger partial charge in [-0.05, 0) is 90.2 Å². The second-order valence-electron chi connectivity index (χ2n) is 13.0. The number of carbonyl (C=O) groups is 1. The summed E-state index contributed by atoms with van der Waals surface area (Å²) in [6, 6.07) is 10.5. The Labute approximate surface area is 239 Å². The molecule has 0 spiro atoms. The van der Waals surface area contributed by atoms with Crippen molar-refractivity contribution >= 4 is 17.7 Å². The highest BCUT2D eigenvalue weighted by atomic mass is 32.2. The number of amides is 1. The second kappa shape index (κ2) is 12.0. The van der Waals surface area contributed by atoms with Gasteiger partial charge in [0.25, 0.3) is 0 Å². The molecule has 7 heteroatoms. The van der Waals surface area contributed by atoms with Crippen LogP contribution in [0.15, 0.2) is 30.3 Å². The van der Waals surface area contributed by atoms with E-state index in [0.717, 1.165) is 73.5 Å². The van der Waals surface area contributed by atoms with E-state index >= 15 is 0 Å². The molecule has 2 aliphatic heterocycles. The van der Waals surface area contributed by atoms with E-state index < -0.39 is 0 Å². The van der Waals surface area contributed by atoms with Gasteiger partial charge in [-0.1, -0.05) is 54.0 Å². The zero-order valence-corrected chi connectivity index (χ0v) is 25.6. The molecule has 0 aliphatic carbocycles.